The van der Waals surface area contributed by atoms with E-state index in [1.54, 1.807) is 18.2 Å². The predicted molar refractivity (Wildman–Crippen MR) is 109 cm³/mol. The van der Waals surface area contributed by atoms with Gasteiger partial charge in [-0.3, -0.25) is 14.4 Å². The zero-order chi connectivity index (χ0) is 20.8. The summed E-state index contributed by atoms with van der Waals surface area (Å²) in [5, 5.41) is 11.4. The summed E-state index contributed by atoms with van der Waals surface area (Å²) in [6.07, 6.45) is 5.23. The monoisotopic (exact) mass is 398 g/mol. The SMILES string of the molecule is CNC(=O)c1cc(C(=O)CC2CCC2)cn(Cc2cccc(OCCO)c2)c1=O. The van der Waals surface area contributed by atoms with Crippen LogP contribution in [0.5, 0.6) is 5.75 Å². The van der Waals surface area contributed by atoms with E-state index in [1.807, 2.05) is 6.07 Å². The number of carbonyl (C=O) groups excluding carboxylic acids is 2. The molecule has 29 heavy (non-hydrogen) atoms. The van der Waals surface area contributed by atoms with Crippen LogP contribution in [-0.4, -0.2) is 41.6 Å². The molecule has 1 saturated carbocycles. The zero-order valence-electron chi connectivity index (χ0n) is 16.5. The maximum absolute atomic E-state index is 12.8. The lowest BCUT2D eigenvalue weighted by molar-refractivity contribution is 0.0935. The second kappa shape index (κ2) is 9.52. The molecule has 2 N–H and O–H groups in total. The van der Waals surface area contributed by atoms with Crippen molar-refractivity contribution in [2.24, 2.45) is 5.92 Å². The Hall–Kier alpha value is -2.93. The summed E-state index contributed by atoms with van der Waals surface area (Å²) in [7, 11) is 1.46. The third-order valence-electron chi connectivity index (χ3n) is 5.19. The highest BCUT2D eigenvalue weighted by atomic mass is 16.5. The molecule has 0 radical (unpaired) electrons. The van der Waals surface area contributed by atoms with Crippen LogP contribution < -0.4 is 15.6 Å². The number of nitrogens with zero attached hydrogens (tertiary/aromatic N) is 1. The fourth-order valence-electron chi connectivity index (χ4n) is 3.37. The molecule has 3 rings (SSSR count). The minimum absolute atomic E-state index is 0.0420. The highest BCUT2D eigenvalue weighted by molar-refractivity contribution is 6.00. The Bertz CT molecular complexity index is 946. The minimum atomic E-state index is -0.512. The van der Waals surface area contributed by atoms with Crippen molar-refractivity contribution in [1.29, 1.82) is 0 Å². The number of pyridine rings is 1. The molecule has 1 heterocycles. The van der Waals surface area contributed by atoms with E-state index >= 15 is 0 Å². The second-order valence-corrected chi connectivity index (χ2v) is 7.30. The van der Waals surface area contributed by atoms with Crippen LogP contribution in [0.3, 0.4) is 0 Å². The van der Waals surface area contributed by atoms with Crippen LogP contribution in [0.15, 0.2) is 41.3 Å². The highest BCUT2D eigenvalue weighted by Crippen LogP contribution is 2.30. The number of Topliss-reactive ketones (excluding diaryl/α,β-unsaturated/α-hetero) is 1. The first-order valence-corrected chi connectivity index (χ1v) is 9.84. The van der Waals surface area contributed by atoms with Gasteiger partial charge < -0.3 is 19.7 Å². The van der Waals surface area contributed by atoms with Crippen molar-refractivity contribution in [3.63, 3.8) is 0 Å². The number of amides is 1. The molecule has 1 aromatic carbocycles. The summed E-state index contributed by atoms with van der Waals surface area (Å²) in [6.45, 7) is 0.281. The van der Waals surface area contributed by atoms with E-state index in [-0.39, 0.29) is 31.1 Å². The van der Waals surface area contributed by atoms with E-state index in [4.69, 9.17) is 9.84 Å². The maximum Gasteiger partial charge on any atom is 0.263 e. The summed E-state index contributed by atoms with van der Waals surface area (Å²) in [5.74, 6) is 0.413. The maximum atomic E-state index is 12.8. The number of hydrogen-bond acceptors (Lipinski definition) is 5. The molecule has 7 heteroatoms. The fourth-order valence-corrected chi connectivity index (χ4v) is 3.37. The Kier molecular flexibility index (Phi) is 6.82. The number of ether oxygens (including phenoxy) is 1. The van der Waals surface area contributed by atoms with Crippen LogP contribution in [0, 0.1) is 5.92 Å². The van der Waals surface area contributed by atoms with Crippen molar-refractivity contribution < 1.29 is 19.4 Å². The smallest absolute Gasteiger partial charge is 0.263 e. The van der Waals surface area contributed by atoms with Gasteiger partial charge in [-0.1, -0.05) is 31.4 Å². The van der Waals surface area contributed by atoms with Crippen LogP contribution in [0.1, 0.15) is 52.0 Å². The molecule has 1 aliphatic rings. The largest absolute Gasteiger partial charge is 0.491 e. The number of nitrogens with one attached hydrogen (secondary N) is 1. The number of aliphatic hydroxyl groups excluding tert-OH is 1. The van der Waals surface area contributed by atoms with Crippen molar-refractivity contribution in [3.05, 3.63) is 63.6 Å². The third-order valence-corrected chi connectivity index (χ3v) is 5.19. The molecule has 7 nitrogen and oxygen atoms in total. The number of rotatable bonds is 9. The van der Waals surface area contributed by atoms with Gasteiger partial charge >= 0.3 is 0 Å². The van der Waals surface area contributed by atoms with E-state index in [9.17, 15) is 14.4 Å². The van der Waals surface area contributed by atoms with E-state index in [0.29, 0.717) is 23.7 Å². The molecule has 1 aliphatic carbocycles. The van der Waals surface area contributed by atoms with E-state index in [0.717, 1.165) is 24.8 Å². The topological polar surface area (TPSA) is 97.6 Å². The molecular formula is C22H26N2O5. The van der Waals surface area contributed by atoms with Crippen LogP contribution >= 0.6 is 0 Å². The number of carbonyl (C=O) groups is 2. The normalized spacial score (nSPS) is 13.6. The number of hydrogen-bond donors (Lipinski definition) is 2. The van der Waals surface area contributed by atoms with Gasteiger partial charge in [0.2, 0.25) is 0 Å². The Balaban J connectivity index is 1.91. The lowest BCUT2D eigenvalue weighted by Gasteiger charge is -2.24. The molecule has 1 fully saturated rings. The quantitative estimate of drug-likeness (QED) is 0.630. The molecular weight excluding hydrogens is 372 g/mol. The lowest BCUT2D eigenvalue weighted by Crippen LogP contribution is -2.32. The lowest BCUT2D eigenvalue weighted by atomic mass is 9.81. The van der Waals surface area contributed by atoms with Crippen molar-refractivity contribution >= 4 is 11.7 Å². The van der Waals surface area contributed by atoms with E-state index in [1.165, 1.54) is 23.9 Å². The van der Waals surface area contributed by atoms with Crippen LogP contribution in [-0.2, 0) is 6.54 Å². The van der Waals surface area contributed by atoms with Crippen LogP contribution in [0.25, 0.3) is 0 Å². The predicted octanol–water partition coefficient (Wildman–Crippen LogP) is 2.00. The summed E-state index contributed by atoms with van der Waals surface area (Å²) >= 11 is 0. The van der Waals surface area contributed by atoms with E-state index < -0.39 is 11.5 Å². The van der Waals surface area contributed by atoms with Gasteiger partial charge in [0.25, 0.3) is 11.5 Å². The number of aromatic nitrogens is 1. The zero-order valence-corrected chi connectivity index (χ0v) is 16.5. The number of ketones is 1. The van der Waals surface area contributed by atoms with Gasteiger partial charge in [-0.2, -0.15) is 0 Å². The second-order valence-electron chi connectivity index (χ2n) is 7.30. The Morgan fingerprint density at radius 2 is 2.07 bits per heavy atom. The minimum Gasteiger partial charge on any atom is -0.491 e. The summed E-state index contributed by atoms with van der Waals surface area (Å²) in [5.41, 5.74) is 0.669. The van der Waals surface area contributed by atoms with Crippen LogP contribution in [0.2, 0.25) is 0 Å². The van der Waals surface area contributed by atoms with Gasteiger partial charge in [0.1, 0.15) is 17.9 Å². The van der Waals surface area contributed by atoms with Gasteiger partial charge in [0.05, 0.1) is 13.2 Å². The van der Waals surface area contributed by atoms with Crippen LogP contribution in [0.4, 0.5) is 0 Å². The summed E-state index contributed by atoms with van der Waals surface area (Å²) in [6, 6.07) is 8.55. The number of aliphatic hydroxyl groups is 1. The average Bonchev–Trinajstić information content (AvgIpc) is 2.70. The van der Waals surface area contributed by atoms with Gasteiger partial charge in [-0.25, -0.2) is 0 Å². The molecule has 0 spiro atoms. The Morgan fingerprint density at radius 1 is 1.28 bits per heavy atom. The third kappa shape index (κ3) is 5.12. The standard InChI is InChI=1S/C22H26N2O5/c1-23-21(27)19-12-17(20(26)11-15-4-2-5-15)14-24(22(19)28)13-16-6-3-7-18(10-16)29-9-8-25/h3,6-7,10,12,14-15,25H,2,4-5,8-9,11,13H2,1H3,(H,23,27). The summed E-state index contributed by atoms with van der Waals surface area (Å²) in [4.78, 5) is 37.7. The molecule has 0 atom stereocenters. The molecule has 2 aromatic rings. The summed E-state index contributed by atoms with van der Waals surface area (Å²) < 4.78 is 6.80. The van der Waals surface area contributed by atoms with Gasteiger partial charge in [-0.05, 0) is 29.7 Å². The molecule has 0 aliphatic heterocycles. The van der Waals surface area contributed by atoms with Gasteiger partial charge in [-0.15, -0.1) is 0 Å². The Morgan fingerprint density at radius 3 is 2.72 bits per heavy atom. The first kappa shape index (κ1) is 20.8. The highest BCUT2D eigenvalue weighted by Gasteiger charge is 2.23. The number of benzene rings is 1. The average molecular weight is 398 g/mol. The van der Waals surface area contributed by atoms with Crippen molar-refractivity contribution in [2.75, 3.05) is 20.3 Å². The van der Waals surface area contributed by atoms with Gasteiger partial charge in [0.15, 0.2) is 5.78 Å². The van der Waals surface area contributed by atoms with Crippen molar-refractivity contribution in [2.45, 2.75) is 32.2 Å². The fraction of sp³-hybridized carbons (Fsp3) is 0.409. The molecule has 1 amide bonds. The molecule has 154 valence electrons. The first-order chi connectivity index (χ1) is 14.0. The van der Waals surface area contributed by atoms with Crippen molar-refractivity contribution in [1.82, 2.24) is 9.88 Å². The van der Waals surface area contributed by atoms with Gasteiger partial charge in [0, 0.05) is 25.2 Å². The molecule has 0 saturated heterocycles. The molecule has 0 bridgehead atoms. The van der Waals surface area contributed by atoms with E-state index in [2.05, 4.69) is 5.32 Å². The molecule has 0 unspecified atom stereocenters. The first-order valence-electron chi connectivity index (χ1n) is 9.84. The van der Waals surface area contributed by atoms with Crippen molar-refractivity contribution in [3.8, 4) is 5.75 Å². The molecule has 1 aromatic heterocycles. The Labute approximate surface area is 169 Å².